The van der Waals surface area contributed by atoms with Crippen LogP contribution in [0.15, 0.2) is 6.20 Å². The molecule has 0 saturated carbocycles. The number of hydrogen-bond acceptors (Lipinski definition) is 5. The number of carbonyl (C=O) groups is 1. The van der Waals surface area contributed by atoms with Crippen LogP contribution in [0.4, 0.5) is 0 Å². The third-order valence-corrected chi connectivity index (χ3v) is 4.47. The van der Waals surface area contributed by atoms with E-state index in [2.05, 4.69) is 15.6 Å². The number of piperidine rings is 1. The standard InChI is InChI=1S/C13H21N3O2S/c1-10-15-7-11(19-10)8-16-12(17)13(9-18-2)3-5-14-6-4-13/h7,14H,3-6,8-9H2,1-2H3,(H,16,17). The van der Waals surface area contributed by atoms with Crippen molar-refractivity contribution in [1.29, 1.82) is 0 Å². The molecular formula is C13H21N3O2S. The van der Waals surface area contributed by atoms with Crippen molar-refractivity contribution >= 4 is 17.2 Å². The number of amides is 1. The van der Waals surface area contributed by atoms with Crippen LogP contribution in [0.2, 0.25) is 0 Å². The predicted molar refractivity (Wildman–Crippen MR) is 75.1 cm³/mol. The van der Waals surface area contributed by atoms with Crippen LogP contribution in [-0.4, -0.2) is 37.7 Å². The molecule has 2 rings (SSSR count). The van der Waals surface area contributed by atoms with E-state index in [-0.39, 0.29) is 11.3 Å². The van der Waals surface area contributed by atoms with Crippen LogP contribution in [0.5, 0.6) is 0 Å². The largest absolute Gasteiger partial charge is 0.384 e. The zero-order valence-corrected chi connectivity index (χ0v) is 12.3. The smallest absolute Gasteiger partial charge is 0.228 e. The number of ether oxygens (including phenoxy) is 1. The van der Waals surface area contributed by atoms with Crippen molar-refractivity contribution in [3.05, 3.63) is 16.1 Å². The van der Waals surface area contributed by atoms with Gasteiger partial charge in [-0.25, -0.2) is 4.98 Å². The first-order chi connectivity index (χ1) is 9.16. The first-order valence-corrected chi connectivity index (χ1v) is 7.37. The number of aromatic nitrogens is 1. The summed E-state index contributed by atoms with van der Waals surface area (Å²) < 4.78 is 5.26. The zero-order chi connectivity index (χ0) is 13.7. The van der Waals surface area contributed by atoms with Crippen LogP contribution in [-0.2, 0) is 16.1 Å². The van der Waals surface area contributed by atoms with Gasteiger partial charge >= 0.3 is 0 Å². The van der Waals surface area contributed by atoms with E-state index in [0.29, 0.717) is 13.2 Å². The fourth-order valence-electron chi connectivity index (χ4n) is 2.46. The van der Waals surface area contributed by atoms with Gasteiger partial charge in [-0.3, -0.25) is 4.79 Å². The lowest BCUT2D eigenvalue weighted by Gasteiger charge is -2.35. The first-order valence-electron chi connectivity index (χ1n) is 6.55. The Bertz CT molecular complexity index is 422. The van der Waals surface area contributed by atoms with Gasteiger partial charge in [0.2, 0.25) is 5.91 Å². The molecule has 6 heteroatoms. The number of hydrogen-bond donors (Lipinski definition) is 2. The monoisotopic (exact) mass is 283 g/mol. The number of carbonyl (C=O) groups excluding carboxylic acids is 1. The lowest BCUT2D eigenvalue weighted by atomic mass is 9.78. The first kappa shape index (κ1) is 14.4. The Balaban J connectivity index is 1.95. The average molecular weight is 283 g/mol. The lowest BCUT2D eigenvalue weighted by Crippen LogP contribution is -2.49. The highest BCUT2D eigenvalue weighted by Gasteiger charge is 2.39. The number of aryl methyl sites for hydroxylation is 1. The Morgan fingerprint density at radius 2 is 2.32 bits per heavy atom. The minimum Gasteiger partial charge on any atom is -0.384 e. The van der Waals surface area contributed by atoms with Gasteiger partial charge in [0.05, 0.1) is 23.6 Å². The molecule has 1 aliphatic heterocycles. The normalized spacial score (nSPS) is 18.2. The van der Waals surface area contributed by atoms with Crippen LogP contribution in [0, 0.1) is 12.3 Å². The third-order valence-electron chi connectivity index (χ3n) is 3.56. The quantitative estimate of drug-likeness (QED) is 0.849. The molecule has 2 N–H and O–H groups in total. The van der Waals surface area contributed by atoms with Crippen molar-refractivity contribution in [1.82, 2.24) is 15.6 Å². The van der Waals surface area contributed by atoms with Crippen molar-refractivity contribution in [2.45, 2.75) is 26.3 Å². The van der Waals surface area contributed by atoms with Gasteiger partial charge in [-0.1, -0.05) is 0 Å². The summed E-state index contributed by atoms with van der Waals surface area (Å²) in [5.41, 5.74) is -0.375. The minimum absolute atomic E-state index is 0.0990. The van der Waals surface area contributed by atoms with E-state index in [9.17, 15) is 4.79 Å². The van der Waals surface area contributed by atoms with E-state index in [0.717, 1.165) is 35.8 Å². The number of methoxy groups -OCH3 is 1. The van der Waals surface area contributed by atoms with Crippen molar-refractivity contribution in [2.24, 2.45) is 5.41 Å². The van der Waals surface area contributed by atoms with Crippen molar-refractivity contribution < 1.29 is 9.53 Å². The number of nitrogens with one attached hydrogen (secondary N) is 2. The molecule has 106 valence electrons. The second-order valence-corrected chi connectivity index (χ2v) is 6.31. The molecule has 1 aliphatic rings. The minimum atomic E-state index is -0.375. The molecule has 0 aliphatic carbocycles. The summed E-state index contributed by atoms with van der Waals surface area (Å²) in [6, 6.07) is 0. The maximum Gasteiger partial charge on any atom is 0.228 e. The van der Waals surface area contributed by atoms with Crippen LogP contribution >= 0.6 is 11.3 Å². The molecule has 1 amide bonds. The Labute approximate surface area is 117 Å². The molecular weight excluding hydrogens is 262 g/mol. The third kappa shape index (κ3) is 3.52. The fourth-order valence-corrected chi connectivity index (χ4v) is 3.20. The van der Waals surface area contributed by atoms with E-state index in [1.165, 1.54) is 0 Å². The number of thiazole rings is 1. The van der Waals surface area contributed by atoms with Gasteiger partial charge in [0, 0.05) is 18.2 Å². The highest BCUT2D eigenvalue weighted by molar-refractivity contribution is 7.11. The van der Waals surface area contributed by atoms with Gasteiger partial charge in [-0.15, -0.1) is 11.3 Å². The molecule has 0 spiro atoms. The molecule has 19 heavy (non-hydrogen) atoms. The van der Waals surface area contributed by atoms with Crippen molar-refractivity contribution in [3.8, 4) is 0 Å². The summed E-state index contributed by atoms with van der Waals surface area (Å²) in [6.45, 7) is 4.76. The molecule has 1 fully saturated rings. The van der Waals surface area contributed by atoms with Gasteiger partial charge in [0.25, 0.3) is 0 Å². The van der Waals surface area contributed by atoms with Gasteiger partial charge in [0.15, 0.2) is 0 Å². The molecule has 0 aromatic carbocycles. The number of nitrogens with zero attached hydrogens (tertiary/aromatic N) is 1. The van der Waals surface area contributed by atoms with E-state index < -0.39 is 0 Å². The Kier molecular flexibility index (Phi) is 4.90. The van der Waals surface area contributed by atoms with Crippen molar-refractivity contribution in [2.75, 3.05) is 26.8 Å². The van der Waals surface area contributed by atoms with E-state index in [1.54, 1.807) is 18.4 Å². The van der Waals surface area contributed by atoms with Crippen LogP contribution in [0.3, 0.4) is 0 Å². The Hall–Kier alpha value is -0.980. The zero-order valence-electron chi connectivity index (χ0n) is 11.5. The summed E-state index contributed by atoms with van der Waals surface area (Å²) in [7, 11) is 1.66. The van der Waals surface area contributed by atoms with Crippen LogP contribution in [0.25, 0.3) is 0 Å². The van der Waals surface area contributed by atoms with E-state index >= 15 is 0 Å². The van der Waals surface area contributed by atoms with Gasteiger partial charge < -0.3 is 15.4 Å². The van der Waals surface area contributed by atoms with Gasteiger partial charge in [-0.05, 0) is 32.9 Å². The second-order valence-electron chi connectivity index (χ2n) is 4.99. The summed E-state index contributed by atoms with van der Waals surface area (Å²) in [6.07, 6.45) is 3.48. The Morgan fingerprint density at radius 3 is 2.89 bits per heavy atom. The summed E-state index contributed by atoms with van der Waals surface area (Å²) in [5, 5.41) is 7.34. The summed E-state index contributed by atoms with van der Waals surface area (Å²) in [5.74, 6) is 0.0990. The molecule has 0 bridgehead atoms. The fraction of sp³-hybridized carbons (Fsp3) is 0.692. The molecule has 5 nitrogen and oxygen atoms in total. The maximum atomic E-state index is 12.5. The summed E-state index contributed by atoms with van der Waals surface area (Å²) in [4.78, 5) is 17.7. The molecule has 1 aromatic heterocycles. The van der Waals surface area contributed by atoms with E-state index in [1.807, 2.05) is 13.1 Å². The molecule has 0 unspecified atom stereocenters. The van der Waals surface area contributed by atoms with Crippen LogP contribution in [0.1, 0.15) is 22.7 Å². The number of rotatable bonds is 5. The topological polar surface area (TPSA) is 63.2 Å². The average Bonchev–Trinajstić information content (AvgIpc) is 2.83. The molecule has 1 saturated heterocycles. The Morgan fingerprint density at radius 1 is 1.58 bits per heavy atom. The second kappa shape index (κ2) is 6.45. The highest BCUT2D eigenvalue weighted by Crippen LogP contribution is 2.29. The van der Waals surface area contributed by atoms with E-state index in [4.69, 9.17) is 4.74 Å². The maximum absolute atomic E-state index is 12.5. The van der Waals surface area contributed by atoms with Crippen LogP contribution < -0.4 is 10.6 Å². The summed E-state index contributed by atoms with van der Waals surface area (Å²) >= 11 is 1.62. The highest BCUT2D eigenvalue weighted by atomic mass is 32.1. The molecule has 0 radical (unpaired) electrons. The van der Waals surface area contributed by atoms with Gasteiger partial charge in [-0.2, -0.15) is 0 Å². The van der Waals surface area contributed by atoms with Gasteiger partial charge in [0.1, 0.15) is 0 Å². The predicted octanol–water partition coefficient (Wildman–Crippen LogP) is 1.08. The molecule has 2 heterocycles. The van der Waals surface area contributed by atoms with Crippen molar-refractivity contribution in [3.63, 3.8) is 0 Å². The molecule has 0 atom stereocenters. The SMILES string of the molecule is COCC1(C(=O)NCc2cnc(C)s2)CCNCC1. The molecule has 1 aromatic rings. The lowest BCUT2D eigenvalue weighted by molar-refractivity contribution is -0.136.